The van der Waals surface area contributed by atoms with E-state index in [4.69, 9.17) is 15.9 Å². The Labute approximate surface area is 768 Å². The first-order chi connectivity index (χ1) is 63.2. The molecule has 3 fully saturated rings. The number of Topliss-reactive ketones (excluding diaryl/α,β-unsaturated/α-hetero) is 3. The fraction of sp³-hybridized carbons (Fsp3) is 0.231. The number of carbonyl (C=O) groups excluding carboxylic acids is 3. The molecule has 13 heteroatoms. The second-order valence-electron chi connectivity index (χ2n) is 36.0. The summed E-state index contributed by atoms with van der Waals surface area (Å²) in [6.45, 7) is 12.5. The number of fused-ring (bicyclic) bond motifs is 9. The number of nitrogens with one attached hydrogen (secondary N) is 2. The van der Waals surface area contributed by atoms with Crippen LogP contribution < -0.4 is 16.4 Å². The third kappa shape index (κ3) is 19.6. The quantitative estimate of drug-likeness (QED) is 0.0295. The van der Waals surface area contributed by atoms with Gasteiger partial charge in [0.2, 0.25) is 0 Å². The van der Waals surface area contributed by atoms with Crippen LogP contribution in [0.4, 0.5) is 0 Å². The van der Waals surface area contributed by atoms with Gasteiger partial charge in [0.25, 0.3) is 0 Å². The van der Waals surface area contributed by atoms with Crippen molar-refractivity contribution in [3.05, 3.63) is 429 Å². The van der Waals surface area contributed by atoms with E-state index in [1.807, 2.05) is 96.9 Å². The maximum atomic E-state index is 13.8. The first-order valence-electron chi connectivity index (χ1n) is 46.4. The number of hydrogen-bond acceptors (Lipinski definition) is 9. The van der Waals surface area contributed by atoms with Crippen molar-refractivity contribution < 1.29 is 14.4 Å². The fourth-order valence-electron chi connectivity index (χ4n) is 19.2. The predicted molar refractivity (Wildman–Crippen MR) is 536 cm³/mol. The van der Waals surface area contributed by atoms with Gasteiger partial charge in [-0.3, -0.25) is 14.4 Å². The molecule has 21 rings (SSSR count). The SMILES string of the molecule is CCc1cccc(-n2nc(C)cc2C(=O)Cc2cccc(C(CCC3CC3)c3cc4ccccc4c4ccccc34)c2)c1.CCc1cccc(-n2nc(C)cc2C(=O)Cc2cccc(C(NCC3CC3)c3cc4ccccc4c4ccccc34)c2)c1.Cc1cc(C(=O)Cc2cccc(C(NCC3CC3)c3cc4ccccc4c4ccccc34)c2)n(-c2cccc(CN)c2)n1.Cl. The van der Waals surface area contributed by atoms with E-state index in [1.54, 1.807) is 4.68 Å². The molecule has 15 aromatic carbocycles. The summed E-state index contributed by atoms with van der Waals surface area (Å²) >= 11 is 0. The Bertz CT molecular complexity index is 6530. The van der Waals surface area contributed by atoms with E-state index in [0.717, 1.165) is 107 Å². The molecule has 0 aliphatic heterocycles. The molecule has 3 aliphatic rings. The average molecular weight is 1730 g/mol. The second-order valence-corrected chi connectivity index (χ2v) is 36.0. The Hall–Kier alpha value is -13.3. The molecule has 0 radical (unpaired) electrons. The molecule has 4 N–H and O–H groups in total. The minimum atomic E-state index is 0. The van der Waals surface area contributed by atoms with Crippen molar-refractivity contribution in [3.8, 4) is 17.1 Å². The molecule has 130 heavy (non-hydrogen) atoms. The number of benzene rings is 15. The molecular formula is C117H112ClN9O3. The monoisotopic (exact) mass is 1730 g/mol. The van der Waals surface area contributed by atoms with Crippen molar-refractivity contribution in [2.24, 2.45) is 23.5 Å². The lowest BCUT2D eigenvalue weighted by Gasteiger charge is -2.23. The Balaban J connectivity index is 0.000000131. The molecule has 3 atom stereocenters. The number of nitrogens with two attached hydrogens (primary N) is 1. The molecule has 3 aromatic heterocycles. The zero-order chi connectivity index (χ0) is 88.0. The minimum Gasteiger partial charge on any atom is -0.326 e. The zero-order valence-corrected chi connectivity index (χ0v) is 75.7. The summed E-state index contributed by atoms with van der Waals surface area (Å²) in [6, 6.07) is 116. The van der Waals surface area contributed by atoms with E-state index in [2.05, 4.69) is 290 Å². The molecule has 3 aliphatic carbocycles. The average Bonchev–Trinajstić information content (AvgIpc) is 1.17. The van der Waals surface area contributed by atoms with Crippen molar-refractivity contribution >= 4 is 94.4 Å². The number of hydrogen-bond donors (Lipinski definition) is 3. The Kier molecular flexibility index (Phi) is 26.4. The third-order valence-electron chi connectivity index (χ3n) is 26.5. The number of halogens is 1. The highest BCUT2D eigenvalue weighted by Crippen LogP contribution is 2.44. The lowest BCUT2D eigenvalue weighted by atomic mass is 9.82. The van der Waals surface area contributed by atoms with Crippen LogP contribution >= 0.6 is 12.4 Å². The van der Waals surface area contributed by atoms with Gasteiger partial charge in [-0.1, -0.05) is 281 Å². The topological polar surface area (TPSA) is 155 Å². The Morgan fingerprint density at radius 1 is 0.331 bits per heavy atom. The highest BCUT2D eigenvalue weighted by molar-refractivity contribution is 6.12. The first kappa shape index (κ1) is 87.4. The normalized spacial score (nSPS) is 13.8. The molecule has 12 nitrogen and oxygen atoms in total. The van der Waals surface area contributed by atoms with Gasteiger partial charge in [-0.25, -0.2) is 14.0 Å². The summed E-state index contributed by atoms with van der Waals surface area (Å²) in [4.78, 5) is 41.4. The van der Waals surface area contributed by atoms with Crippen molar-refractivity contribution in [3.63, 3.8) is 0 Å². The van der Waals surface area contributed by atoms with Crippen LogP contribution in [-0.2, 0) is 38.6 Å². The molecule has 0 amide bonds. The maximum Gasteiger partial charge on any atom is 0.185 e. The lowest BCUT2D eigenvalue weighted by Crippen LogP contribution is -2.25. The summed E-state index contributed by atoms with van der Waals surface area (Å²) in [5.41, 5.74) is 27.1. The van der Waals surface area contributed by atoms with Gasteiger partial charge in [-0.2, -0.15) is 15.3 Å². The van der Waals surface area contributed by atoms with Crippen LogP contribution in [0.3, 0.4) is 0 Å². The fourth-order valence-corrected chi connectivity index (χ4v) is 19.2. The number of ketones is 3. The van der Waals surface area contributed by atoms with Crippen LogP contribution in [0.5, 0.6) is 0 Å². The summed E-state index contributed by atoms with van der Waals surface area (Å²) in [7, 11) is 0. The van der Waals surface area contributed by atoms with Gasteiger partial charge in [0.1, 0.15) is 17.1 Å². The van der Waals surface area contributed by atoms with Crippen LogP contribution in [0.15, 0.2) is 328 Å². The summed E-state index contributed by atoms with van der Waals surface area (Å²) in [6.07, 6.45) is 13.1. The number of aryl methyl sites for hydroxylation is 5. The molecule has 0 spiro atoms. The van der Waals surface area contributed by atoms with E-state index < -0.39 is 0 Å². The molecule has 0 bridgehead atoms. The van der Waals surface area contributed by atoms with Crippen LogP contribution in [0, 0.1) is 38.5 Å². The van der Waals surface area contributed by atoms with Gasteiger partial charge >= 0.3 is 0 Å². The van der Waals surface area contributed by atoms with E-state index in [-0.39, 0.29) is 47.8 Å². The summed E-state index contributed by atoms with van der Waals surface area (Å²) in [5.74, 6) is 2.80. The van der Waals surface area contributed by atoms with E-state index in [0.29, 0.717) is 42.9 Å². The third-order valence-corrected chi connectivity index (χ3v) is 26.5. The molecule has 3 saturated carbocycles. The van der Waals surface area contributed by atoms with Gasteiger partial charge in [-0.05, 0) is 307 Å². The number of nitrogens with zero attached hydrogens (tertiary/aromatic N) is 6. The van der Waals surface area contributed by atoms with Gasteiger partial charge in [0.15, 0.2) is 17.3 Å². The van der Waals surface area contributed by atoms with E-state index in [1.165, 1.54) is 154 Å². The van der Waals surface area contributed by atoms with Gasteiger partial charge in [0.05, 0.1) is 46.2 Å². The largest absolute Gasteiger partial charge is 0.326 e. The Morgan fingerprint density at radius 3 is 1.01 bits per heavy atom. The maximum absolute atomic E-state index is 13.8. The number of rotatable bonds is 30. The molecule has 650 valence electrons. The van der Waals surface area contributed by atoms with Crippen LogP contribution in [0.25, 0.3) is 81.7 Å². The van der Waals surface area contributed by atoms with E-state index in [9.17, 15) is 14.4 Å². The van der Waals surface area contributed by atoms with Crippen LogP contribution in [0.2, 0.25) is 0 Å². The van der Waals surface area contributed by atoms with Crippen molar-refractivity contribution in [2.75, 3.05) is 13.1 Å². The van der Waals surface area contributed by atoms with Crippen molar-refractivity contribution in [2.45, 2.75) is 143 Å². The molecule has 3 heterocycles. The van der Waals surface area contributed by atoms with Crippen molar-refractivity contribution in [1.29, 1.82) is 0 Å². The number of carbonyl (C=O) groups is 3. The molecule has 0 saturated heterocycles. The van der Waals surface area contributed by atoms with Crippen molar-refractivity contribution in [1.82, 2.24) is 40.0 Å². The van der Waals surface area contributed by atoms with Gasteiger partial charge in [0, 0.05) is 31.7 Å². The molecule has 18 aromatic rings. The zero-order valence-electron chi connectivity index (χ0n) is 74.8. The Morgan fingerprint density at radius 2 is 0.638 bits per heavy atom. The highest BCUT2D eigenvalue weighted by atomic mass is 35.5. The second kappa shape index (κ2) is 39.3. The van der Waals surface area contributed by atoms with Crippen LogP contribution in [0.1, 0.15) is 199 Å². The molecule has 3 unspecified atom stereocenters. The first-order valence-corrected chi connectivity index (χ1v) is 46.4. The highest BCUT2D eigenvalue weighted by Gasteiger charge is 2.31. The summed E-state index contributed by atoms with van der Waals surface area (Å²) in [5, 5.41) is 37.2. The van der Waals surface area contributed by atoms with Crippen LogP contribution in [-0.4, -0.2) is 59.8 Å². The van der Waals surface area contributed by atoms with E-state index >= 15 is 0 Å². The minimum absolute atomic E-state index is 0. The predicted octanol–water partition coefficient (Wildman–Crippen LogP) is 26.2. The lowest BCUT2D eigenvalue weighted by molar-refractivity contribution is 0.0977. The van der Waals surface area contributed by atoms with Gasteiger partial charge < -0.3 is 16.4 Å². The van der Waals surface area contributed by atoms with Gasteiger partial charge in [-0.15, -0.1) is 12.4 Å². The molecular weight excluding hydrogens is 1610 g/mol. The smallest absolute Gasteiger partial charge is 0.185 e. The number of aromatic nitrogens is 6. The summed E-state index contributed by atoms with van der Waals surface area (Å²) < 4.78 is 5.38. The standard InChI is InChI=1S/C40H38N2O.C39H37N3O.C38H36N4O.ClH/c1-3-28-10-9-14-33(24-28)42-39(22-27(2)41-42)40(43)25-30-11-8-13-31(23-30)35(21-20-29-18-19-29)38-26-32-12-4-5-15-34(32)36-16-6-7-17-37(36)38;1-3-27-10-9-14-32(22-27)42-37(20-26(2)41-42)38(43)23-29-11-8-13-31(21-29)39(40-25-28-18-19-28)36-24-30-12-4-5-15-33(30)34-16-6-7-17-35(34)36;1-25-18-36(42(41-25)31-12-7-9-28(20-31)23-39)37(43)21-27-8-6-11-30(19-27)38(40-24-26-16-17-26)35-22-29-10-2-3-13-32(29)33-14-4-5-15-34(33)35;/h4-17,22-24,26,29,35H,3,18-21,25H2,1-2H3;4-17,20-22,24,28,39-40H,3,18-19,23,25H2,1-2H3;2-15,18-20,22,26,38,40H,16-17,21,23-24,39H2,1H3;1H.